The van der Waals surface area contributed by atoms with Crippen LogP contribution in [-0.2, 0) is 4.74 Å². The SMILES string of the molecule is O=C(Nc1ccc(C(=O)O)cc1)Nc1ccc(-c2nc(N3CCC3)nc(N3CCOCC3)n2)cc1. The van der Waals surface area contributed by atoms with E-state index < -0.39 is 12.0 Å². The molecule has 2 aliphatic rings. The molecule has 2 aliphatic heterocycles. The van der Waals surface area contributed by atoms with Crippen molar-refractivity contribution < 1.29 is 19.4 Å². The second kappa shape index (κ2) is 9.94. The van der Waals surface area contributed by atoms with Crippen LogP contribution in [0, 0.1) is 0 Å². The zero-order chi connectivity index (χ0) is 24.2. The van der Waals surface area contributed by atoms with Crippen LogP contribution in [-0.4, -0.2) is 71.5 Å². The molecule has 2 saturated heterocycles. The molecule has 0 aliphatic carbocycles. The van der Waals surface area contributed by atoms with E-state index in [0.717, 1.165) is 38.2 Å². The number of aromatic nitrogens is 3. The van der Waals surface area contributed by atoms with E-state index in [1.54, 1.807) is 12.1 Å². The van der Waals surface area contributed by atoms with Crippen LogP contribution in [0.5, 0.6) is 0 Å². The molecule has 3 N–H and O–H groups in total. The van der Waals surface area contributed by atoms with E-state index in [-0.39, 0.29) is 5.56 Å². The van der Waals surface area contributed by atoms with Gasteiger partial charge < -0.3 is 30.3 Å². The number of hydrogen-bond acceptors (Lipinski definition) is 8. The Hall–Kier alpha value is -4.25. The lowest BCUT2D eigenvalue weighted by Crippen LogP contribution is -2.40. The fourth-order valence-electron chi connectivity index (χ4n) is 3.74. The van der Waals surface area contributed by atoms with Crippen molar-refractivity contribution in [1.82, 2.24) is 15.0 Å². The van der Waals surface area contributed by atoms with E-state index in [4.69, 9.17) is 24.8 Å². The molecule has 1 aromatic heterocycles. The number of carbonyl (C=O) groups excluding carboxylic acids is 1. The largest absolute Gasteiger partial charge is 0.478 e. The van der Waals surface area contributed by atoms with Gasteiger partial charge in [0.05, 0.1) is 18.8 Å². The zero-order valence-electron chi connectivity index (χ0n) is 19.0. The van der Waals surface area contributed by atoms with Crippen molar-refractivity contribution in [3.05, 3.63) is 54.1 Å². The van der Waals surface area contributed by atoms with Gasteiger partial charge in [-0.15, -0.1) is 0 Å². The first-order valence-corrected chi connectivity index (χ1v) is 11.4. The lowest BCUT2D eigenvalue weighted by Gasteiger charge is -2.32. The van der Waals surface area contributed by atoms with Crippen molar-refractivity contribution in [3.63, 3.8) is 0 Å². The molecule has 5 rings (SSSR count). The molecule has 2 fully saturated rings. The highest BCUT2D eigenvalue weighted by Crippen LogP contribution is 2.25. The van der Waals surface area contributed by atoms with Gasteiger partial charge in [-0.2, -0.15) is 15.0 Å². The van der Waals surface area contributed by atoms with Crippen LogP contribution < -0.4 is 20.4 Å². The second-order valence-electron chi connectivity index (χ2n) is 8.24. The summed E-state index contributed by atoms with van der Waals surface area (Å²) >= 11 is 0. The Morgan fingerprint density at radius 2 is 1.31 bits per heavy atom. The van der Waals surface area contributed by atoms with E-state index in [0.29, 0.717) is 42.3 Å². The maximum Gasteiger partial charge on any atom is 0.335 e. The molecule has 0 bridgehead atoms. The number of morpholine rings is 1. The first-order valence-electron chi connectivity index (χ1n) is 11.4. The summed E-state index contributed by atoms with van der Waals surface area (Å²) in [5.74, 6) is 0.889. The predicted octanol–water partition coefficient (Wildman–Crippen LogP) is 2.93. The fourth-order valence-corrected chi connectivity index (χ4v) is 3.74. The Morgan fingerprint density at radius 3 is 1.83 bits per heavy atom. The zero-order valence-corrected chi connectivity index (χ0v) is 19.0. The summed E-state index contributed by atoms with van der Waals surface area (Å²) in [7, 11) is 0. The molecule has 0 unspecified atom stereocenters. The number of carboxylic acid groups (broad SMARTS) is 1. The van der Waals surface area contributed by atoms with E-state index in [2.05, 4.69) is 20.4 Å². The van der Waals surface area contributed by atoms with E-state index in [9.17, 15) is 9.59 Å². The van der Waals surface area contributed by atoms with Crippen LogP contribution >= 0.6 is 0 Å². The average molecular weight is 476 g/mol. The summed E-state index contributed by atoms with van der Waals surface area (Å²) < 4.78 is 5.46. The molecule has 0 atom stereocenters. The summed E-state index contributed by atoms with van der Waals surface area (Å²) in [6, 6.07) is 12.8. The third-order valence-corrected chi connectivity index (χ3v) is 5.84. The first kappa shape index (κ1) is 22.5. The highest BCUT2D eigenvalue weighted by atomic mass is 16.5. The quantitative estimate of drug-likeness (QED) is 0.492. The number of benzene rings is 2. The third kappa shape index (κ3) is 5.30. The van der Waals surface area contributed by atoms with Crippen molar-refractivity contribution in [1.29, 1.82) is 0 Å². The van der Waals surface area contributed by atoms with Gasteiger partial charge in [-0.05, 0) is 55.0 Å². The summed E-state index contributed by atoms with van der Waals surface area (Å²) in [5, 5.41) is 14.4. The minimum absolute atomic E-state index is 0.152. The van der Waals surface area contributed by atoms with Gasteiger partial charge in [0.2, 0.25) is 11.9 Å². The van der Waals surface area contributed by atoms with Gasteiger partial charge in [0.15, 0.2) is 5.82 Å². The number of aromatic carboxylic acids is 1. The minimum atomic E-state index is -1.02. The van der Waals surface area contributed by atoms with Gasteiger partial charge in [0.1, 0.15) is 0 Å². The number of nitrogens with one attached hydrogen (secondary N) is 2. The standard InChI is InChI=1S/C24H25N7O4/c32-21(33)17-4-8-19(9-5-17)26-24(34)25-18-6-2-16(3-7-18)20-27-22(30-10-1-11-30)29-23(28-20)31-12-14-35-15-13-31/h2-9H,1,10-15H2,(H,32,33)(H2,25,26,34). The van der Waals surface area contributed by atoms with Crippen molar-refractivity contribution in [2.24, 2.45) is 0 Å². The lowest BCUT2D eigenvalue weighted by molar-refractivity contribution is 0.0697. The molecule has 2 aromatic carbocycles. The number of rotatable bonds is 6. The van der Waals surface area contributed by atoms with Gasteiger partial charge in [0, 0.05) is 43.1 Å². The Bertz CT molecular complexity index is 1210. The lowest BCUT2D eigenvalue weighted by atomic mass is 10.2. The van der Waals surface area contributed by atoms with Crippen molar-refractivity contribution in [3.8, 4) is 11.4 Å². The molecule has 3 heterocycles. The molecule has 0 saturated carbocycles. The van der Waals surface area contributed by atoms with Crippen molar-refractivity contribution in [2.45, 2.75) is 6.42 Å². The number of carbonyl (C=O) groups is 2. The maximum atomic E-state index is 12.3. The number of urea groups is 1. The van der Waals surface area contributed by atoms with Crippen LogP contribution in [0.4, 0.5) is 28.1 Å². The smallest absolute Gasteiger partial charge is 0.335 e. The Balaban J connectivity index is 1.29. The topological polar surface area (TPSA) is 133 Å². The number of amides is 2. The number of carboxylic acids is 1. The molecular formula is C24H25N7O4. The summed E-state index contributed by atoms with van der Waals surface area (Å²) in [6.07, 6.45) is 1.13. The number of hydrogen-bond donors (Lipinski definition) is 3. The van der Waals surface area contributed by atoms with Gasteiger partial charge >= 0.3 is 12.0 Å². The third-order valence-electron chi connectivity index (χ3n) is 5.84. The highest BCUT2D eigenvalue weighted by Gasteiger charge is 2.22. The van der Waals surface area contributed by atoms with Crippen molar-refractivity contribution >= 4 is 35.3 Å². The number of nitrogens with zero attached hydrogens (tertiary/aromatic N) is 5. The van der Waals surface area contributed by atoms with Crippen LogP contribution in [0.25, 0.3) is 11.4 Å². The van der Waals surface area contributed by atoms with E-state index >= 15 is 0 Å². The molecule has 3 aromatic rings. The summed E-state index contributed by atoms with van der Waals surface area (Å²) in [4.78, 5) is 41.6. The Labute approximate surface area is 201 Å². The van der Waals surface area contributed by atoms with E-state index in [1.165, 1.54) is 24.3 Å². The molecule has 180 valence electrons. The first-order chi connectivity index (χ1) is 17.0. The summed E-state index contributed by atoms with van der Waals surface area (Å²) in [6.45, 7) is 4.63. The molecule has 0 radical (unpaired) electrons. The molecule has 11 heteroatoms. The molecule has 2 amide bonds. The van der Waals surface area contributed by atoms with Crippen LogP contribution in [0.1, 0.15) is 16.8 Å². The van der Waals surface area contributed by atoms with Crippen LogP contribution in [0.15, 0.2) is 48.5 Å². The van der Waals surface area contributed by atoms with Gasteiger partial charge in [-0.25, -0.2) is 9.59 Å². The van der Waals surface area contributed by atoms with Gasteiger partial charge in [0.25, 0.3) is 0 Å². The Morgan fingerprint density at radius 1 is 0.771 bits per heavy atom. The Kier molecular flexibility index (Phi) is 6.40. The monoisotopic (exact) mass is 475 g/mol. The number of ether oxygens (including phenoxy) is 1. The highest BCUT2D eigenvalue weighted by molar-refractivity contribution is 6.00. The fraction of sp³-hybridized carbons (Fsp3) is 0.292. The van der Waals surface area contributed by atoms with Crippen LogP contribution in [0.2, 0.25) is 0 Å². The molecule has 0 spiro atoms. The maximum absolute atomic E-state index is 12.3. The molecule has 35 heavy (non-hydrogen) atoms. The van der Waals surface area contributed by atoms with Crippen molar-refractivity contribution in [2.75, 3.05) is 59.8 Å². The van der Waals surface area contributed by atoms with Gasteiger partial charge in [-0.1, -0.05) is 0 Å². The molecule has 11 nitrogen and oxygen atoms in total. The van der Waals surface area contributed by atoms with Crippen LogP contribution in [0.3, 0.4) is 0 Å². The van der Waals surface area contributed by atoms with E-state index in [1.807, 2.05) is 12.1 Å². The molecular weight excluding hydrogens is 450 g/mol. The second-order valence-corrected chi connectivity index (χ2v) is 8.24. The normalized spacial score (nSPS) is 15.3. The minimum Gasteiger partial charge on any atom is -0.478 e. The summed E-state index contributed by atoms with van der Waals surface area (Å²) in [5.41, 5.74) is 2.06. The average Bonchev–Trinajstić information content (AvgIpc) is 2.84. The van der Waals surface area contributed by atoms with Gasteiger partial charge in [-0.3, -0.25) is 0 Å². The number of anilines is 4. The predicted molar refractivity (Wildman–Crippen MR) is 131 cm³/mol.